The van der Waals surface area contributed by atoms with Gasteiger partial charge in [-0.25, -0.2) is 0 Å². The van der Waals surface area contributed by atoms with E-state index >= 15 is 0 Å². The van der Waals surface area contributed by atoms with Crippen LogP contribution in [0.25, 0.3) is 0 Å². The molecule has 1 amide bonds. The van der Waals surface area contributed by atoms with Crippen molar-refractivity contribution in [2.75, 3.05) is 0 Å². The minimum atomic E-state index is 0. The van der Waals surface area contributed by atoms with E-state index in [4.69, 9.17) is 5.73 Å². The summed E-state index contributed by atoms with van der Waals surface area (Å²) in [5.41, 5.74) is 6.98. The zero-order valence-electron chi connectivity index (χ0n) is 10.1. The summed E-state index contributed by atoms with van der Waals surface area (Å²) in [6, 6.07) is 10.3. The summed E-state index contributed by atoms with van der Waals surface area (Å²) in [5, 5.41) is 3.00. The molecule has 1 aliphatic rings. The molecule has 0 saturated heterocycles. The second kappa shape index (κ2) is 7.17. The normalized spacial score (nSPS) is 22.9. The first-order valence-corrected chi connectivity index (χ1v) is 6.33. The van der Waals surface area contributed by atoms with E-state index in [0.29, 0.717) is 12.6 Å². The lowest BCUT2D eigenvalue weighted by atomic mass is 9.86. The molecule has 3 N–H and O–H groups in total. The molecule has 0 spiro atoms. The van der Waals surface area contributed by atoms with Gasteiger partial charge in [-0.2, -0.15) is 0 Å². The molecule has 0 atom stereocenters. The van der Waals surface area contributed by atoms with Crippen LogP contribution in [0.4, 0.5) is 0 Å². The van der Waals surface area contributed by atoms with Crippen molar-refractivity contribution in [3.05, 3.63) is 35.9 Å². The fourth-order valence-electron chi connectivity index (χ4n) is 2.31. The molecule has 0 radical (unpaired) electrons. The van der Waals surface area contributed by atoms with E-state index in [1.54, 1.807) is 0 Å². The van der Waals surface area contributed by atoms with E-state index in [1.807, 2.05) is 30.3 Å². The minimum Gasteiger partial charge on any atom is -0.352 e. The number of nitrogens with two attached hydrogens (primary N) is 1. The Balaban J connectivity index is 0.00000162. The lowest BCUT2D eigenvalue weighted by Gasteiger charge is -2.25. The highest BCUT2D eigenvalue weighted by molar-refractivity contribution is 5.78. The molecule has 18 heavy (non-hydrogen) atoms. The Morgan fingerprint density at radius 3 is 2.39 bits per heavy atom. The topological polar surface area (TPSA) is 55.1 Å². The van der Waals surface area contributed by atoms with E-state index in [9.17, 15) is 4.79 Å². The Kier molecular flexibility index (Phi) is 5.86. The van der Waals surface area contributed by atoms with Crippen LogP contribution in [0.5, 0.6) is 0 Å². The molecule has 0 unspecified atom stereocenters. The zero-order valence-corrected chi connectivity index (χ0v) is 10.1. The Morgan fingerprint density at radius 1 is 1.17 bits per heavy atom. The van der Waals surface area contributed by atoms with Crippen LogP contribution in [-0.2, 0) is 11.3 Å². The number of carbonyl (C=O) groups excluding carboxylic acids is 1. The van der Waals surface area contributed by atoms with Gasteiger partial charge in [0, 0.05) is 18.5 Å². The molecule has 2 rings (SSSR count). The molecule has 0 bridgehead atoms. The Bertz CT molecular complexity index is 356. The molecule has 100 valence electrons. The summed E-state index contributed by atoms with van der Waals surface area (Å²) in [6.07, 6.45) is 3.82. The quantitative estimate of drug-likeness (QED) is 0.863. The molecular formula is C15H24N2O. The lowest BCUT2D eigenvalue weighted by Crippen LogP contribution is -2.35. The first-order chi connectivity index (χ1) is 8.25. The molecule has 1 aromatic rings. The zero-order chi connectivity index (χ0) is 12.1. The number of hydrogen-bond acceptors (Lipinski definition) is 2. The third-order valence-electron chi connectivity index (χ3n) is 3.45. The lowest BCUT2D eigenvalue weighted by molar-refractivity contribution is -0.126. The molecule has 3 heteroatoms. The number of hydrogen-bond donors (Lipinski definition) is 2. The van der Waals surface area contributed by atoms with Crippen LogP contribution >= 0.6 is 0 Å². The summed E-state index contributed by atoms with van der Waals surface area (Å²) in [7, 11) is 0. The minimum absolute atomic E-state index is 0. The fraction of sp³-hybridized carbons (Fsp3) is 0.533. The molecule has 3 nitrogen and oxygen atoms in total. The summed E-state index contributed by atoms with van der Waals surface area (Å²) in [6.45, 7) is 0.627. The smallest absolute Gasteiger partial charge is 0.223 e. The second-order valence-corrected chi connectivity index (χ2v) is 4.82. The van der Waals surface area contributed by atoms with Gasteiger partial charge in [0.15, 0.2) is 0 Å². The van der Waals surface area contributed by atoms with Crippen molar-refractivity contribution < 1.29 is 4.79 Å². The van der Waals surface area contributed by atoms with Crippen molar-refractivity contribution in [2.45, 2.75) is 45.7 Å². The van der Waals surface area contributed by atoms with Crippen molar-refractivity contribution in [3.8, 4) is 0 Å². The molecule has 1 saturated carbocycles. The van der Waals surface area contributed by atoms with Crippen LogP contribution in [0.2, 0.25) is 0 Å². The average molecular weight is 248 g/mol. The van der Waals surface area contributed by atoms with Crippen LogP contribution in [0.15, 0.2) is 30.3 Å². The highest BCUT2D eigenvalue weighted by Gasteiger charge is 2.24. The molecule has 0 heterocycles. The van der Waals surface area contributed by atoms with E-state index in [1.165, 1.54) is 0 Å². The van der Waals surface area contributed by atoms with Crippen LogP contribution in [0.3, 0.4) is 0 Å². The average Bonchev–Trinajstić information content (AvgIpc) is 2.38. The maximum Gasteiger partial charge on any atom is 0.223 e. The van der Waals surface area contributed by atoms with Crippen molar-refractivity contribution in [2.24, 2.45) is 11.7 Å². The third-order valence-corrected chi connectivity index (χ3v) is 3.45. The van der Waals surface area contributed by atoms with Gasteiger partial charge < -0.3 is 11.1 Å². The van der Waals surface area contributed by atoms with Gasteiger partial charge in [-0.15, -0.1) is 0 Å². The fourth-order valence-corrected chi connectivity index (χ4v) is 2.31. The predicted octanol–water partition coefficient (Wildman–Crippen LogP) is 2.46. The maximum atomic E-state index is 11.9. The van der Waals surface area contributed by atoms with Gasteiger partial charge >= 0.3 is 0 Å². The highest BCUT2D eigenvalue weighted by atomic mass is 16.1. The van der Waals surface area contributed by atoms with Gasteiger partial charge in [-0.3, -0.25) is 4.79 Å². The summed E-state index contributed by atoms with van der Waals surface area (Å²) in [5.74, 6) is 0.347. The molecule has 0 aromatic heterocycles. The Labute approximate surface area is 110 Å². The number of benzene rings is 1. The van der Waals surface area contributed by atoms with E-state index in [0.717, 1.165) is 31.2 Å². The van der Waals surface area contributed by atoms with Crippen molar-refractivity contribution in [1.29, 1.82) is 0 Å². The van der Waals surface area contributed by atoms with Gasteiger partial charge in [-0.1, -0.05) is 37.8 Å². The third kappa shape index (κ3) is 4.15. The number of carbonyl (C=O) groups is 1. The van der Waals surface area contributed by atoms with E-state index < -0.39 is 0 Å². The van der Waals surface area contributed by atoms with Crippen LogP contribution in [-0.4, -0.2) is 11.9 Å². The van der Waals surface area contributed by atoms with Gasteiger partial charge in [0.2, 0.25) is 5.91 Å². The first kappa shape index (κ1) is 14.7. The van der Waals surface area contributed by atoms with Gasteiger partial charge in [0.1, 0.15) is 0 Å². The molecule has 1 fully saturated rings. The second-order valence-electron chi connectivity index (χ2n) is 4.82. The van der Waals surface area contributed by atoms with Gasteiger partial charge in [0.05, 0.1) is 0 Å². The summed E-state index contributed by atoms with van der Waals surface area (Å²) >= 11 is 0. The molecule has 0 aliphatic heterocycles. The Hall–Kier alpha value is -1.35. The number of nitrogens with one attached hydrogen (secondary N) is 1. The number of rotatable bonds is 3. The van der Waals surface area contributed by atoms with Gasteiger partial charge in [0.25, 0.3) is 0 Å². The monoisotopic (exact) mass is 248 g/mol. The standard InChI is InChI=1S/C14H20N2O.CH4/c15-13-8-6-12(7-9-13)14(17)16-10-11-4-2-1-3-5-11;/h1-5,12-13H,6-10,15H2,(H,16,17);1H4. The molecule has 1 aliphatic carbocycles. The van der Waals surface area contributed by atoms with Crippen molar-refractivity contribution in [3.63, 3.8) is 0 Å². The first-order valence-electron chi connectivity index (χ1n) is 6.33. The van der Waals surface area contributed by atoms with Crippen molar-refractivity contribution in [1.82, 2.24) is 5.32 Å². The summed E-state index contributed by atoms with van der Waals surface area (Å²) in [4.78, 5) is 11.9. The van der Waals surface area contributed by atoms with Crippen LogP contribution in [0, 0.1) is 5.92 Å². The van der Waals surface area contributed by atoms with Gasteiger partial charge in [-0.05, 0) is 31.2 Å². The van der Waals surface area contributed by atoms with E-state index in [2.05, 4.69) is 5.32 Å². The molecule has 1 aromatic carbocycles. The largest absolute Gasteiger partial charge is 0.352 e. The summed E-state index contributed by atoms with van der Waals surface area (Å²) < 4.78 is 0. The highest BCUT2D eigenvalue weighted by Crippen LogP contribution is 2.23. The molecular weight excluding hydrogens is 224 g/mol. The van der Waals surface area contributed by atoms with Crippen LogP contribution in [0.1, 0.15) is 38.7 Å². The van der Waals surface area contributed by atoms with Crippen LogP contribution < -0.4 is 11.1 Å². The van der Waals surface area contributed by atoms with Crippen molar-refractivity contribution >= 4 is 5.91 Å². The Morgan fingerprint density at radius 2 is 1.78 bits per heavy atom. The maximum absolute atomic E-state index is 11.9. The predicted molar refractivity (Wildman–Crippen MR) is 75.0 cm³/mol. The SMILES string of the molecule is C.NC1CCC(C(=O)NCc2ccccc2)CC1. The number of amides is 1. The van der Waals surface area contributed by atoms with E-state index in [-0.39, 0.29) is 19.3 Å².